The number of rotatable bonds is 2. The van der Waals surface area contributed by atoms with Gasteiger partial charge in [-0.05, 0) is 54.8 Å². The van der Waals surface area contributed by atoms with E-state index in [9.17, 15) is 4.79 Å². The fourth-order valence-electron chi connectivity index (χ4n) is 2.55. The Labute approximate surface area is 136 Å². The van der Waals surface area contributed by atoms with Crippen molar-refractivity contribution in [1.29, 1.82) is 0 Å². The number of urea groups is 1. The molecule has 0 bridgehead atoms. The Morgan fingerprint density at radius 1 is 1.09 bits per heavy atom. The van der Waals surface area contributed by atoms with Gasteiger partial charge in [-0.2, -0.15) is 0 Å². The van der Waals surface area contributed by atoms with Gasteiger partial charge in [0.25, 0.3) is 0 Å². The van der Waals surface area contributed by atoms with E-state index in [2.05, 4.69) is 28.1 Å². The number of benzene rings is 2. The monoisotopic (exact) mass is 317 g/mol. The maximum atomic E-state index is 12.1. The van der Waals surface area contributed by atoms with E-state index in [0.29, 0.717) is 0 Å². The summed E-state index contributed by atoms with van der Waals surface area (Å²) in [5.41, 5.74) is 5.33. The molecule has 0 saturated carbocycles. The molecule has 2 aromatic rings. The number of para-hydroxylation sites is 1. The fourth-order valence-corrected chi connectivity index (χ4v) is 2.55. The second-order valence-electron chi connectivity index (χ2n) is 5.30. The van der Waals surface area contributed by atoms with E-state index in [-0.39, 0.29) is 18.4 Å². The molecule has 0 atom stereocenters. The lowest BCUT2D eigenvalue weighted by Crippen LogP contribution is -2.24. The van der Waals surface area contributed by atoms with Gasteiger partial charge < -0.3 is 16.0 Å². The maximum Gasteiger partial charge on any atom is 0.323 e. The number of carbonyl (C=O) groups is 1. The number of hydrogen-bond acceptors (Lipinski definition) is 2. The summed E-state index contributed by atoms with van der Waals surface area (Å²) in [5, 5.41) is 9.11. The second kappa shape index (κ2) is 7.29. The van der Waals surface area contributed by atoms with Crippen LogP contribution in [0.1, 0.15) is 16.7 Å². The Morgan fingerprint density at radius 3 is 2.73 bits per heavy atom. The molecule has 0 fully saturated rings. The van der Waals surface area contributed by atoms with E-state index in [0.717, 1.165) is 36.4 Å². The van der Waals surface area contributed by atoms with Gasteiger partial charge in [0.15, 0.2) is 0 Å². The van der Waals surface area contributed by atoms with Gasteiger partial charge >= 0.3 is 6.03 Å². The highest BCUT2D eigenvalue weighted by atomic mass is 35.5. The summed E-state index contributed by atoms with van der Waals surface area (Å²) >= 11 is 0. The summed E-state index contributed by atoms with van der Waals surface area (Å²) in [4.78, 5) is 12.1. The third-order valence-corrected chi connectivity index (χ3v) is 3.74. The topological polar surface area (TPSA) is 53.2 Å². The molecule has 116 valence electrons. The van der Waals surface area contributed by atoms with Gasteiger partial charge in [-0.3, -0.25) is 0 Å². The van der Waals surface area contributed by atoms with E-state index in [1.807, 2.05) is 37.3 Å². The number of nitrogens with one attached hydrogen (secondary N) is 3. The van der Waals surface area contributed by atoms with Gasteiger partial charge in [-0.25, -0.2) is 4.79 Å². The highest BCUT2D eigenvalue weighted by Gasteiger charge is 2.10. The van der Waals surface area contributed by atoms with Crippen molar-refractivity contribution in [2.45, 2.75) is 19.9 Å². The summed E-state index contributed by atoms with van der Waals surface area (Å²) < 4.78 is 0. The SMILES string of the molecule is Cc1ccccc1NC(=O)Nc1ccc2c(c1)CCNC2.Cl. The fraction of sp³-hybridized carbons (Fsp3) is 0.235. The van der Waals surface area contributed by atoms with Crippen LogP contribution in [0.2, 0.25) is 0 Å². The number of fused-ring (bicyclic) bond motifs is 1. The number of hydrogen-bond donors (Lipinski definition) is 3. The first-order valence-corrected chi connectivity index (χ1v) is 7.18. The predicted octanol–water partition coefficient (Wildman–Crippen LogP) is 3.71. The van der Waals surface area contributed by atoms with E-state index in [1.54, 1.807) is 0 Å². The molecule has 1 aliphatic rings. The first kappa shape index (κ1) is 16.3. The molecule has 0 spiro atoms. The van der Waals surface area contributed by atoms with E-state index in [1.165, 1.54) is 11.1 Å². The van der Waals surface area contributed by atoms with Crippen LogP contribution in [0.15, 0.2) is 42.5 Å². The van der Waals surface area contributed by atoms with Crippen molar-refractivity contribution in [1.82, 2.24) is 5.32 Å². The Morgan fingerprint density at radius 2 is 1.91 bits per heavy atom. The molecule has 1 aliphatic heterocycles. The Hall–Kier alpha value is -2.04. The van der Waals surface area contributed by atoms with Crippen molar-refractivity contribution in [3.63, 3.8) is 0 Å². The number of carbonyl (C=O) groups excluding carboxylic acids is 1. The highest BCUT2D eigenvalue weighted by Crippen LogP contribution is 2.19. The normalized spacial score (nSPS) is 12.8. The van der Waals surface area contributed by atoms with Gasteiger partial charge in [0.2, 0.25) is 0 Å². The Kier molecular flexibility index (Phi) is 5.41. The molecule has 1 heterocycles. The molecule has 3 rings (SSSR count). The zero-order valence-corrected chi connectivity index (χ0v) is 13.3. The molecule has 0 radical (unpaired) electrons. The van der Waals surface area contributed by atoms with Crippen LogP contribution >= 0.6 is 12.4 Å². The van der Waals surface area contributed by atoms with Gasteiger partial charge in [0, 0.05) is 17.9 Å². The van der Waals surface area contributed by atoms with E-state index in [4.69, 9.17) is 0 Å². The average molecular weight is 318 g/mol. The molecule has 2 aromatic carbocycles. The molecule has 0 aromatic heterocycles. The van der Waals surface area contributed by atoms with E-state index >= 15 is 0 Å². The smallest absolute Gasteiger partial charge is 0.312 e. The summed E-state index contributed by atoms with van der Waals surface area (Å²) in [7, 11) is 0. The number of aryl methyl sites for hydroxylation is 1. The third kappa shape index (κ3) is 3.78. The lowest BCUT2D eigenvalue weighted by atomic mass is 10.0. The van der Waals surface area contributed by atoms with Crippen LogP contribution < -0.4 is 16.0 Å². The first-order valence-electron chi connectivity index (χ1n) is 7.18. The standard InChI is InChI=1S/C17H19N3O.ClH/c1-12-4-2-3-5-16(12)20-17(21)19-15-7-6-14-11-18-9-8-13(14)10-15;/h2-7,10,18H,8-9,11H2,1H3,(H2,19,20,21);1H. The largest absolute Gasteiger partial charge is 0.323 e. The molecule has 5 heteroatoms. The second-order valence-corrected chi connectivity index (χ2v) is 5.30. The summed E-state index contributed by atoms with van der Waals surface area (Å²) in [6.07, 6.45) is 1.00. The van der Waals surface area contributed by atoms with Crippen molar-refractivity contribution in [2.24, 2.45) is 0 Å². The summed E-state index contributed by atoms with van der Waals surface area (Å²) in [6, 6.07) is 13.6. The zero-order valence-electron chi connectivity index (χ0n) is 12.5. The third-order valence-electron chi connectivity index (χ3n) is 3.74. The minimum atomic E-state index is -0.210. The van der Waals surface area contributed by atoms with Crippen molar-refractivity contribution < 1.29 is 4.79 Å². The van der Waals surface area contributed by atoms with Crippen LogP contribution in [0, 0.1) is 6.92 Å². The number of amides is 2. The molecule has 22 heavy (non-hydrogen) atoms. The average Bonchev–Trinajstić information content (AvgIpc) is 2.49. The summed E-state index contributed by atoms with van der Waals surface area (Å²) in [5.74, 6) is 0. The minimum Gasteiger partial charge on any atom is -0.312 e. The first-order chi connectivity index (χ1) is 10.2. The predicted molar refractivity (Wildman–Crippen MR) is 92.9 cm³/mol. The number of anilines is 2. The molecule has 4 nitrogen and oxygen atoms in total. The molecular formula is C17H20ClN3O. The molecule has 3 N–H and O–H groups in total. The van der Waals surface area contributed by atoms with Crippen LogP contribution in [0.25, 0.3) is 0 Å². The highest BCUT2D eigenvalue weighted by molar-refractivity contribution is 6.00. The van der Waals surface area contributed by atoms with Gasteiger partial charge in [0.1, 0.15) is 0 Å². The van der Waals surface area contributed by atoms with Crippen LogP contribution in [-0.4, -0.2) is 12.6 Å². The minimum absolute atomic E-state index is 0. The van der Waals surface area contributed by atoms with Crippen molar-refractivity contribution >= 4 is 29.8 Å². The quantitative estimate of drug-likeness (QED) is 0.791. The maximum absolute atomic E-state index is 12.1. The van der Waals surface area contributed by atoms with Crippen molar-refractivity contribution in [3.8, 4) is 0 Å². The Bertz CT molecular complexity index is 673. The van der Waals surface area contributed by atoms with Crippen molar-refractivity contribution in [2.75, 3.05) is 17.2 Å². The van der Waals surface area contributed by atoms with Gasteiger partial charge in [0.05, 0.1) is 0 Å². The van der Waals surface area contributed by atoms with Crippen LogP contribution in [-0.2, 0) is 13.0 Å². The van der Waals surface area contributed by atoms with Crippen molar-refractivity contribution in [3.05, 3.63) is 59.2 Å². The van der Waals surface area contributed by atoms with Crippen LogP contribution in [0.4, 0.5) is 16.2 Å². The molecular weight excluding hydrogens is 298 g/mol. The lowest BCUT2D eigenvalue weighted by molar-refractivity contribution is 0.262. The molecule has 0 unspecified atom stereocenters. The lowest BCUT2D eigenvalue weighted by Gasteiger charge is -2.18. The molecule has 2 amide bonds. The molecule has 0 saturated heterocycles. The number of halogens is 1. The van der Waals surface area contributed by atoms with Gasteiger partial charge in [-0.1, -0.05) is 24.3 Å². The zero-order chi connectivity index (χ0) is 14.7. The van der Waals surface area contributed by atoms with Crippen LogP contribution in [0.5, 0.6) is 0 Å². The van der Waals surface area contributed by atoms with Crippen LogP contribution in [0.3, 0.4) is 0 Å². The molecule has 0 aliphatic carbocycles. The summed E-state index contributed by atoms with van der Waals surface area (Å²) in [6.45, 7) is 3.87. The van der Waals surface area contributed by atoms with E-state index < -0.39 is 0 Å². The van der Waals surface area contributed by atoms with Gasteiger partial charge in [-0.15, -0.1) is 12.4 Å². The Balaban J connectivity index is 0.00000176.